The van der Waals surface area contributed by atoms with Gasteiger partial charge in [-0.3, -0.25) is 10.6 Å². The number of fused-ring (bicyclic) bond motifs is 1. The zero-order chi connectivity index (χ0) is 15.9. The topological polar surface area (TPSA) is 102 Å². The first-order valence-corrected chi connectivity index (χ1v) is 7.05. The van der Waals surface area contributed by atoms with Gasteiger partial charge in [-0.1, -0.05) is 16.8 Å². The normalized spacial score (nSPS) is 19.7. The van der Waals surface area contributed by atoms with E-state index < -0.39 is 11.9 Å². The maximum atomic E-state index is 12.6. The third-order valence-corrected chi connectivity index (χ3v) is 3.97. The van der Waals surface area contributed by atoms with Crippen LogP contribution in [0.4, 0.5) is 10.5 Å². The highest BCUT2D eigenvalue weighted by atomic mass is 35.5. The average Bonchev–Trinajstić information content (AvgIpc) is 2.78. The molecule has 0 bridgehead atoms. The van der Waals surface area contributed by atoms with Gasteiger partial charge >= 0.3 is 7.46 Å². The van der Waals surface area contributed by atoms with Gasteiger partial charge in [0.1, 0.15) is 0 Å². The summed E-state index contributed by atoms with van der Waals surface area (Å²) in [6.45, 7) is 1.88. The summed E-state index contributed by atoms with van der Waals surface area (Å²) in [4.78, 5) is 27.5. The Morgan fingerprint density at radius 3 is 2.57 bits per heavy atom. The minimum Gasteiger partial charge on any atom is -1.00 e. The number of amides is 3. The molecule has 0 spiro atoms. The molecule has 1 fully saturated rings. The van der Waals surface area contributed by atoms with Gasteiger partial charge in [0.15, 0.2) is 5.71 Å². The van der Waals surface area contributed by atoms with Crippen LogP contribution in [0.2, 0.25) is 5.02 Å². The number of carbonyl (C=O) groups is 2. The molecule has 8 nitrogen and oxygen atoms in total. The summed E-state index contributed by atoms with van der Waals surface area (Å²) >= 11 is 5.95. The van der Waals surface area contributed by atoms with Gasteiger partial charge in [-0.2, -0.15) is 0 Å². The molecule has 3 rings (SSSR count). The summed E-state index contributed by atoms with van der Waals surface area (Å²) in [5.41, 5.74) is 0.533. The van der Waals surface area contributed by atoms with Crippen molar-refractivity contribution in [1.29, 1.82) is 0 Å². The highest BCUT2D eigenvalue weighted by Crippen LogP contribution is 2.32. The Kier molecular flexibility index (Phi) is 5.10. The highest BCUT2D eigenvalue weighted by Gasteiger charge is 2.41. The summed E-state index contributed by atoms with van der Waals surface area (Å²) in [5.74, 6) is 5.00. The van der Waals surface area contributed by atoms with Crippen LogP contribution in [0.5, 0.6) is 0 Å². The van der Waals surface area contributed by atoms with Gasteiger partial charge in [-0.15, -0.1) is 0 Å². The van der Waals surface area contributed by atoms with Gasteiger partial charge < -0.3 is 22.5 Å². The van der Waals surface area contributed by atoms with Gasteiger partial charge in [0.05, 0.1) is 5.69 Å². The Balaban J connectivity index is 0.00000144. The van der Waals surface area contributed by atoms with Crippen LogP contribution in [-0.2, 0) is 4.79 Å². The predicted molar refractivity (Wildman–Crippen MR) is 81.1 cm³/mol. The summed E-state index contributed by atoms with van der Waals surface area (Å²) in [6, 6.07) is 4.15. The molecule has 0 unspecified atom stereocenters. The lowest BCUT2D eigenvalue weighted by molar-refractivity contribution is -0.111. The van der Waals surface area contributed by atoms with Crippen LogP contribution in [0.1, 0.15) is 6.99 Å². The first-order chi connectivity index (χ1) is 10.5. The molecule has 0 atom stereocenters. The van der Waals surface area contributed by atoms with E-state index in [1.165, 1.54) is 11.0 Å². The van der Waals surface area contributed by atoms with E-state index in [1.54, 1.807) is 17.1 Å². The molecule has 124 valence electrons. The van der Waals surface area contributed by atoms with Gasteiger partial charge in [-0.25, -0.2) is 14.7 Å². The van der Waals surface area contributed by atoms with E-state index >= 15 is 0 Å². The summed E-state index contributed by atoms with van der Waals surface area (Å²) in [7, 11) is 0. The van der Waals surface area contributed by atoms with Crippen LogP contribution in [0.15, 0.2) is 23.4 Å². The van der Waals surface area contributed by atoms with E-state index in [9.17, 15) is 9.59 Å². The quantitative estimate of drug-likeness (QED) is 0.305. The fraction of sp³-hybridized carbons (Fsp3) is 0.308. The second-order valence-electron chi connectivity index (χ2n) is 5.06. The molecule has 2 aliphatic rings. The molecular weight excluding hydrogens is 345 g/mol. The zero-order valence-electron chi connectivity index (χ0n) is 12.9. The zero-order valence-corrected chi connectivity index (χ0v) is 13.5. The van der Waals surface area contributed by atoms with E-state index in [2.05, 4.69) is 5.16 Å². The number of nitrogens with zero attached hydrogens (tertiary/aromatic N) is 4. The number of hydrazine groups is 1. The van der Waals surface area contributed by atoms with Crippen molar-refractivity contribution < 1.29 is 28.6 Å². The van der Waals surface area contributed by atoms with E-state index in [-0.39, 0.29) is 19.5 Å². The number of imide groups is 1. The van der Waals surface area contributed by atoms with Crippen LogP contribution in [0.3, 0.4) is 0 Å². The van der Waals surface area contributed by atoms with Gasteiger partial charge in [0.2, 0.25) is 0 Å². The van der Waals surface area contributed by atoms with E-state index in [0.717, 1.165) is 4.90 Å². The number of hydrogen-bond acceptors (Lipinski definition) is 6. The first-order valence-electron chi connectivity index (χ1n) is 6.68. The third kappa shape index (κ3) is 2.98. The Morgan fingerprint density at radius 1 is 1.30 bits per heavy atom. The van der Waals surface area contributed by atoms with Gasteiger partial charge in [0, 0.05) is 36.8 Å². The number of hydrogen-bond donors (Lipinski definition) is 2. The number of anilines is 1. The highest BCUT2D eigenvalue weighted by molar-refractivity contribution is 6.58. The van der Waals surface area contributed by atoms with Gasteiger partial charge in [-0.05, 0) is 18.2 Å². The number of benzene rings is 1. The average molecular weight is 360 g/mol. The fourth-order valence-electron chi connectivity index (χ4n) is 2.56. The van der Waals surface area contributed by atoms with Crippen molar-refractivity contribution in [3.05, 3.63) is 28.8 Å². The monoisotopic (exact) mass is 359 g/mol. The molecule has 0 radical (unpaired) electrons. The Morgan fingerprint density at radius 2 is 1.96 bits per heavy atom. The lowest BCUT2D eigenvalue weighted by atomic mass is 10.1. The lowest BCUT2D eigenvalue weighted by Crippen LogP contribution is -3.00. The van der Waals surface area contributed by atoms with E-state index in [4.69, 9.17) is 22.7 Å². The number of urea groups is 1. The van der Waals surface area contributed by atoms with Crippen molar-refractivity contribution in [2.75, 3.05) is 31.1 Å². The molecule has 0 saturated carbocycles. The minimum atomic E-state index is -0.667. The largest absolute Gasteiger partial charge is 1.00 e. The molecule has 10 heteroatoms. The second-order valence-corrected chi connectivity index (χ2v) is 5.49. The fourth-order valence-corrected chi connectivity index (χ4v) is 2.73. The number of carbonyl (C=O) groups excluding carboxylic acids is 2. The first kappa shape index (κ1) is 17.5. The smallest absolute Gasteiger partial charge is 1.00 e. The molecule has 1 saturated heterocycles. The van der Waals surface area contributed by atoms with E-state index in [0.29, 0.717) is 42.5 Å². The lowest BCUT2D eigenvalue weighted by Gasteiger charge is -2.33. The second kappa shape index (κ2) is 6.71. The molecule has 23 heavy (non-hydrogen) atoms. The van der Waals surface area contributed by atoms with Crippen molar-refractivity contribution in [3.8, 4) is 0 Å². The Bertz CT molecular complexity index is 680. The van der Waals surface area contributed by atoms with Crippen LogP contribution in [0, 0.1) is 0 Å². The maximum Gasteiger partial charge on any atom is 1.00 e. The number of halogens is 2. The number of piperazine rings is 1. The Labute approximate surface area is 144 Å². The van der Waals surface area contributed by atoms with Crippen LogP contribution in [-0.4, -0.2) is 58.9 Å². The van der Waals surface area contributed by atoms with Crippen molar-refractivity contribution in [1.82, 2.24) is 9.91 Å². The summed E-state index contributed by atoms with van der Waals surface area (Å²) < 4.78 is 0. The van der Waals surface area contributed by atoms with Crippen molar-refractivity contribution in [2.24, 2.45) is 11.0 Å². The molecule has 0 aromatic heterocycles. The number of nitrogens with two attached hydrogens (primary N) is 1. The van der Waals surface area contributed by atoms with Crippen molar-refractivity contribution in [3.63, 3.8) is 0 Å². The molecule has 1 aromatic rings. The molecule has 3 N–H and O–H groups in total. The third-order valence-electron chi connectivity index (χ3n) is 3.74. The number of oxime groups is 1. The molecule has 2 aliphatic heterocycles. The van der Waals surface area contributed by atoms with Crippen molar-refractivity contribution in [2.45, 2.75) is 0 Å². The van der Waals surface area contributed by atoms with Crippen LogP contribution >= 0.6 is 11.6 Å². The predicted octanol–water partition coefficient (Wildman–Crippen LogP) is -2.41. The molecular formula is C13H15Cl2N5O3. The van der Waals surface area contributed by atoms with Crippen LogP contribution < -0.4 is 23.1 Å². The maximum absolute atomic E-state index is 12.6. The number of rotatable bonds is 0. The van der Waals surface area contributed by atoms with E-state index in [1.807, 2.05) is 0 Å². The molecule has 1 aromatic carbocycles. The van der Waals surface area contributed by atoms with Gasteiger partial charge in [0.25, 0.3) is 5.91 Å². The minimum absolute atomic E-state index is 0. The molecule has 0 aliphatic carbocycles. The molecule has 2 heterocycles. The Hall–Kier alpha value is -1.87. The molecule has 3 amide bonds. The summed E-state index contributed by atoms with van der Waals surface area (Å²) in [6.07, 6.45) is 0. The standard InChI is InChI=1S/C13H14ClN5O3.ClH/c14-8-1-2-9-10(7-8)19(12(20)11(9)16-22)13(21)17-3-5-18(15)6-4-17;/h1-2,7,22H,3-6,15H2;1H. The van der Waals surface area contributed by atoms with Crippen LogP contribution in [0.25, 0.3) is 0 Å². The summed E-state index contributed by atoms with van der Waals surface area (Å²) in [5, 5.41) is 14.1. The SMILES string of the molecule is NN1CCN(C(=O)N2C(=O)C(=NO)c3ccc(Cl)cc32)CC1.[Cl-].[H+]. The van der Waals surface area contributed by atoms with Crippen molar-refractivity contribution >= 4 is 34.9 Å².